The molecule has 0 radical (unpaired) electrons. The van der Waals surface area contributed by atoms with Crippen LogP contribution in [0.1, 0.15) is 51.9 Å². The zero-order valence-electron chi connectivity index (χ0n) is 12.3. The molecule has 0 aromatic carbocycles. The van der Waals surface area contributed by atoms with Crippen LogP contribution in [-0.2, 0) is 9.59 Å². The molecule has 2 fully saturated rings. The first-order valence-corrected chi connectivity index (χ1v) is 7.80. The molecule has 2 aliphatic heterocycles. The summed E-state index contributed by atoms with van der Waals surface area (Å²) in [4.78, 5) is 25.5. The van der Waals surface area contributed by atoms with Gasteiger partial charge in [-0.15, -0.1) is 0 Å². The van der Waals surface area contributed by atoms with Gasteiger partial charge in [-0.2, -0.15) is 0 Å². The van der Waals surface area contributed by atoms with Crippen LogP contribution in [0.2, 0.25) is 0 Å². The lowest BCUT2D eigenvalue weighted by Gasteiger charge is -2.40. The van der Waals surface area contributed by atoms with Gasteiger partial charge in [0.05, 0.1) is 5.92 Å². The van der Waals surface area contributed by atoms with Crippen molar-refractivity contribution in [1.82, 2.24) is 4.90 Å². The average molecular weight is 282 g/mol. The van der Waals surface area contributed by atoms with Crippen molar-refractivity contribution < 1.29 is 14.7 Å². The maximum absolute atomic E-state index is 12.6. The molecule has 2 bridgehead atoms. The summed E-state index contributed by atoms with van der Waals surface area (Å²) in [5, 5.41) is 8.93. The van der Waals surface area contributed by atoms with E-state index in [0.29, 0.717) is 6.54 Å². The Morgan fingerprint density at radius 3 is 2.35 bits per heavy atom. The molecule has 0 aromatic heterocycles. The Morgan fingerprint density at radius 2 is 1.90 bits per heavy atom. The molecular weight excluding hydrogens is 256 g/mol. The Kier molecular flexibility index (Phi) is 5.02. The van der Waals surface area contributed by atoms with Crippen LogP contribution in [0.15, 0.2) is 0 Å². The third-order valence-electron chi connectivity index (χ3n) is 4.82. The van der Waals surface area contributed by atoms with Crippen molar-refractivity contribution >= 4 is 11.9 Å². The number of piperidine rings is 1. The van der Waals surface area contributed by atoms with Crippen molar-refractivity contribution in [1.29, 1.82) is 0 Å². The van der Waals surface area contributed by atoms with Crippen LogP contribution < -0.4 is 5.73 Å². The zero-order chi connectivity index (χ0) is 14.7. The maximum Gasteiger partial charge on any atom is 0.303 e. The van der Waals surface area contributed by atoms with Gasteiger partial charge in [-0.3, -0.25) is 9.59 Å². The number of carbonyl (C=O) groups is 2. The molecule has 20 heavy (non-hydrogen) atoms. The smallest absolute Gasteiger partial charge is 0.303 e. The maximum atomic E-state index is 12.6. The fourth-order valence-corrected chi connectivity index (χ4v) is 3.96. The number of hydrogen-bond acceptors (Lipinski definition) is 3. The number of rotatable bonds is 6. The van der Waals surface area contributed by atoms with E-state index < -0.39 is 5.97 Å². The lowest BCUT2D eigenvalue weighted by Crippen LogP contribution is -2.50. The summed E-state index contributed by atoms with van der Waals surface area (Å²) in [6.45, 7) is 2.49. The molecule has 0 aliphatic carbocycles. The summed E-state index contributed by atoms with van der Waals surface area (Å²) in [6.07, 6.45) is 5.80. The summed E-state index contributed by atoms with van der Waals surface area (Å²) in [5.41, 5.74) is 5.75. The Labute approximate surface area is 120 Å². The number of carboxylic acids is 1. The van der Waals surface area contributed by atoms with E-state index >= 15 is 0 Å². The summed E-state index contributed by atoms with van der Waals surface area (Å²) < 4.78 is 0. The number of nitrogens with two attached hydrogens (primary N) is 1. The van der Waals surface area contributed by atoms with E-state index in [1.165, 1.54) is 0 Å². The lowest BCUT2D eigenvalue weighted by atomic mass is 9.87. The molecular formula is C15H26N2O3. The minimum absolute atomic E-state index is 0.0564. The molecule has 0 saturated carbocycles. The molecule has 3 N–H and O–H groups in total. The quantitative estimate of drug-likeness (QED) is 0.775. The predicted octanol–water partition coefficient (Wildman–Crippen LogP) is 1.61. The number of hydrogen-bond donors (Lipinski definition) is 2. The van der Waals surface area contributed by atoms with Crippen molar-refractivity contribution in [2.24, 2.45) is 17.6 Å². The third kappa shape index (κ3) is 3.14. The molecule has 2 heterocycles. The highest BCUT2D eigenvalue weighted by Gasteiger charge is 2.44. The first kappa shape index (κ1) is 15.3. The molecule has 1 amide bonds. The highest BCUT2D eigenvalue weighted by molar-refractivity contribution is 5.80. The molecule has 114 valence electrons. The van der Waals surface area contributed by atoms with Crippen molar-refractivity contribution in [3.8, 4) is 0 Å². The van der Waals surface area contributed by atoms with E-state index in [1.54, 1.807) is 0 Å². The van der Waals surface area contributed by atoms with E-state index in [9.17, 15) is 9.59 Å². The van der Waals surface area contributed by atoms with Crippen LogP contribution in [0.3, 0.4) is 0 Å². The zero-order valence-corrected chi connectivity index (χ0v) is 12.3. The number of nitrogens with zero attached hydrogens (tertiary/aromatic N) is 1. The topological polar surface area (TPSA) is 83.6 Å². The van der Waals surface area contributed by atoms with E-state index in [-0.39, 0.29) is 36.2 Å². The minimum Gasteiger partial charge on any atom is -0.481 e. The standard InChI is InChI=1S/C15H26N2O3/c1-2-3-11(9-16)15(20)17-12-4-5-13(17)7-10(6-12)8-14(18)19/h10-13H,2-9,16H2,1H3,(H,18,19). The molecule has 3 atom stereocenters. The number of carbonyl (C=O) groups excluding carboxylic acids is 1. The van der Waals surface area contributed by atoms with Gasteiger partial charge >= 0.3 is 5.97 Å². The lowest BCUT2D eigenvalue weighted by molar-refractivity contribution is -0.142. The van der Waals surface area contributed by atoms with Gasteiger partial charge in [0, 0.05) is 25.0 Å². The fourth-order valence-electron chi connectivity index (χ4n) is 3.96. The van der Waals surface area contributed by atoms with Gasteiger partial charge in [0.15, 0.2) is 0 Å². The molecule has 3 unspecified atom stereocenters. The number of aliphatic carboxylic acids is 1. The highest BCUT2D eigenvalue weighted by atomic mass is 16.4. The van der Waals surface area contributed by atoms with Gasteiger partial charge in [-0.25, -0.2) is 0 Å². The van der Waals surface area contributed by atoms with Gasteiger partial charge in [0.1, 0.15) is 0 Å². The van der Waals surface area contributed by atoms with E-state index in [0.717, 1.165) is 38.5 Å². The molecule has 5 heteroatoms. The Hall–Kier alpha value is -1.10. The largest absolute Gasteiger partial charge is 0.481 e. The van der Waals surface area contributed by atoms with Crippen molar-refractivity contribution in [3.05, 3.63) is 0 Å². The molecule has 0 aromatic rings. The molecule has 2 saturated heterocycles. The first-order chi connectivity index (χ1) is 9.56. The van der Waals surface area contributed by atoms with E-state index in [2.05, 4.69) is 6.92 Å². The predicted molar refractivity (Wildman–Crippen MR) is 76.1 cm³/mol. The van der Waals surface area contributed by atoms with Crippen molar-refractivity contribution in [3.63, 3.8) is 0 Å². The van der Waals surface area contributed by atoms with E-state index in [1.807, 2.05) is 4.90 Å². The number of amides is 1. The second-order valence-corrected chi connectivity index (χ2v) is 6.29. The Balaban J connectivity index is 2.01. The third-order valence-corrected chi connectivity index (χ3v) is 4.82. The summed E-state index contributed by atoms with van der Waals surface area (Å²) >= 11 is 0. The Bertz CT molecular complexity index is 358. The second-order valence-electron chi connectivity index (χ2n) is 6.29. The van der Waals surface area contributed by atoms with Crippen molar-refractivity contribution in [2.45, 2.75) is 64.0 Å². The van der Waals surface area contributed by atoms with Gasteiger partial charge in [0.25, 0.3) is 0 Å². The summed E-state index contributed by atoms with van der Waals surface area (Å²) in [5.74, 6) is -0.341. The molecule has 2 aliphatic rings. The van der Waals surface area contributed by atoms with Crippen LogP contribution in [0.5, 0.6) is 0 Å². The van der Waals surface area contributed by atoms with Gasteiger partial charge in [-0.05, 0) is 38.0 Å². The molecule has 2 rings (SSSR count). The molecule has 5 nitrogen and oxygen atoms in total. The minimum atomic E-state index is -0.722. The average Bonchev–Trinajstić information content (AvgIpc) is 2.66. The van der Waals surface area contributed by atoms with Crippen LogP contribution in [0, 0.1) is 11.8 Å². The van der Waals surface area contributed by atoms with Crippen molar-refractivity contribution in [2.75, 3.05) is 6.54 Å². The van der Waals surface area contributed by atoms with Gasteiger partial charge in [0.2, 0.25) is 5.91 Å². The summed E-state index contributed by atoms with van der Waals surface area (Å²) in [6, 6.07) is 0.494. The Morgan fingerprint density at radius 1 is 1.30 bits per heavy atom. The monoisotopic (exact) mass is 282 g/mol. The van der Waals surface area contributed by atoms with Crippen LogP contribution in [-0.4, -0.2) is 40.5 Å². The van der Waals surface area contributed by atoms with Crippen LogP contribution >= 0.6 is 0 Å². The molecule has 0 spiro atoms. The first-order valence-electron chi connectivity index (χ1n) is 7.80. The van der Waals surface area contributed by atoms with Gasteiger partial charge < -0.3 is 15.7 Å². The number of carboxylic acid groups (broad SMARTS) is 1. The normalized spacial score (nSPS) is 30.3. The second kappa shape index (κ2) is 6.57. The SMILES string of the molecule is CCCC(CN)C(=O)N1C2CCC1CC(CC(=O)O)C2. The van der Waals surface area contributed by atoms with Gasteiger partial charge in [-0.1, -0.05) is 13.3 Å². The number of fused-ring (bicyclic) bond motifs is 2. The van der Waals surface area contributed by atoms with Crippen LogP contribution in [0.25, 0.3) is 0 Å². The van der Waals surface area contributed by atoms with Crippen LogP contribution in [0.4, 0.5) is 0 Å². The fraction of sp³-hybridized carbons (Fsp3) is 0.867. The highest BCUT2D eigenvalue weighted by Crippen LogP contribution is 2.40. The summed E-state index contributed by atoms with van der Waals surface area (Å²) in [7, 11) is 0. The van der Waals surface area contributed by atoms with E-state index in [4.69, 9.17) is 10.8 Å².